The van der Waals surface area contributed by atoms with Crippen LogP contribution >= 0.6 is 0 Å². The topological polar surface area (TPSA) is 37.4 Å². The third-order valence-electron chi connectivity index (χ3n) is 3.36. The largest absolute Gasteiger partial charge is 0.476 e. The molecule has 114 valence electrons. The molecule has 4 heteroatoms. The predicted octanol–water partition coefficient (Wildman–Crippen LogP) is 2.67. The average molecular weight is 287 g/mol. The van der Waals surface area contributed by atoms with Crippen LogP contribution in [0.4, 0.5) is 0 Å². The summed E-state index contributed by atoms with van der Waals surface area (Å²) in [6, 6.07) is 8.32. The molecule has 0 bridgehead atoms. The molecule has 0 amide bonds. The SMILES string of the molecule is CCCNCc1cnc(OCCN(C)C)c2ccccc12. The van der Waals surface area contributed by atoms with E-state index in [4.69, 9.17) is 4.74 Å². The number of rotatable bonds is 8. The second-order valence-electron chi connectivity index (χ2n) is 5.46. The summed E-state index contributed by atoms with van der Waals surface area (Å²) in [5.41, 5.74) is 1.22. The summed E-state index contributed by atoms with van der Waals surface area (Å²) in [4.78, 5) is 6.60. The van der Waals surface area contributed by atoms with Gasteiger partial charge in [-0.3, -0.25) is 0 Å². The minimum absolute atomic E-state index is 0.650. The number of fused-ring (bicyclic) bond motifs is 1. The Hall–Kier alpha value is -1.65. The van der Waals surface area contributed by atoms with Crippen LogP contribution in [0.25, 0.3) is 10.8 Å². The Morgan fingerprint density at radius 1 is 1.19 bits per heavy atom. The first-order chi connectivity index (χ1) is 10.2. The van der Waals surface area contributed by atoms with Gasteiger partial charge in [0.25, 0.3) is 0 Å². The number of aromatic nitrogens is 1. The second-order valence-corrected chi connectivity index (χ2v) is 5.46. The van der Waals surface area contributed by atoms with E-state index in [-0.39, 0.29) is 0 Å². The Labute approximate surface area is 127 Å². The van der Waals surface area contributed by atoms with Gasteiger partial charge < -0.3 is 15.0 Å². The van der Waals surface area contributed by atoms with E-state index < -0.39 is 0 Å². The molecule has 1 aromatic carbocycles. The molecule has 1 N–H and O–H groups in total. The Bertz CT molecular complexity index is 569. The predicted molar refractivity (Wildman–Crippen MR) is 87.8 cm³/mol. The number of nitrogens with one attached hydrogen (secondary N) is 1. The molecule has 0 radical (unpaired) electrons. The smallest absolute Gasteiger partial charge is 0.221 e. The first-order valence-corrected chi connectivity index (χ1v) is 7.57. The Balaban J connectivity index is 2.18. The zero-order valence-corrected chi connectivity index (χ0v) is 13.2. The lowest BCUT2D eigenvalue weighted by Crippen LogP contribution is -2.20. The molecular formula is C17H25N3O. The summed E-state index contributed by atoms with van der Waals surface area (Å²) in [6.07, 6.45) is 3.06. The Morgan fingerprint density at radius 2 is 1.95 bits per heavy atom. The van der Waals surface area contributed by atoms with Crippen molar-refractivity contribution < 1.29 is 4.74 Å². The highest BCUT2D eigenvalue weighted by molar-refractivity contribution is 5.89. The summed E-state index contributed by atoms with van der Waals surface area (Å²) in [6.45, 7) is 5.58. The van der Waals surface area contributed by atoms with Crippen LogP contribution in [0.5, 0.6) is 5.88 Å². The molecule has 2 rings (SSSR count). The van der Waals surface area contributed by atoms with Gasteiger partial charge in [0.1, 0.15) is 6.61 Å². The second kappa shape index (κ2) is 7.96. The lowest BCUT2D eigenvalue weighted by atomic mass is 10.1. The molecule has 0 saturated heterocycles. The van der Waals surface area contributed by atoms with Crippen molar-refractivity contribution in [3.63, 3.8) is 0 Å². The molecule has 4 nitrogen and oxygen atoms in total. The van der Waals surface area contributed by atoms with E-state index in [9.17, 15) is 0 Å². The van der Waals surface area contributed by atoms with E-state index in [1.165, 1.54) is 10.9 Å². The summed E-state index contributed by atoms with van der Waals surface area (Å²) in [7, 11) is 4.08. The molecule has 21 heavy (non-hydrogen) atoms. The molecule has 0 saturated carbocycles. The van der Waals surface area contributed by atoms with E-state index in [0.29, 0.717) is 6.61 Å². The van der Waals surface area contributed by atoms with Crippen molar-refractivity contribution in [3.8, 4) is 5.88 Å². The molecule has 0 unspecified atom stereocenters. The third kappa shape index (κ3) is 4.41. The van der Waals surface area contributed by atoms with Gasteiger partial charge in [-0.05, 0) is 44.1 Å². The highest BCUT2D eigenvalue weighted by atomic mass is 16.5. The summed E-state index contributed by atoms with van der Waals surface area (Å²) in [5, 5.41) is 5.74. The van der Waals surface area contributed by atoms with E-state index in [2.05, 4.69) is 40.3 Å². The maximum atomic E-state index is 5.84. The van der Waals surface area contributed by atoms with Crippen LogP contribution in [0, 0.1) is 0 Å². The minimum Gasteiger partial charge on any atom is -0.476 e. The van der Waals surface area contributed by atoms with Crippen molar-refractivity contribution in [3.05, 3.63) is 36.0 Å². The number of benzene rings is 1. The molecule has 0 aliphatic carbocycles. The van der Waals surface area contributed by atoms with Gasteiger partial charge in [0.15, 0.2) is 0 Å². The van der Waals surface area contributed by atoms with Crippen molar-refractivity contribution in [2.45, 2.75) is 19.9 Å². The van der Waals surface area contributed by atoms with Gasteiger partial charge in [-0.2, -0.15) is 0 Å². The molecule has 1 aromatic heterocycles. The van der Waals surface area contributed by atoms with Crippen LogP contribution in [-0.2, 0) is 6.54 Å². The standard InChI is InChI=1S/C17H25N3O/c1-4-9-18-12-14-13-19-17(21-11-10-20(2)3)16-8-6-5-7-15(14)16/h5-8,13,18H,4,9-12H2,1-3H3. The van der Waals surface area contributed by atoms with Crippen molar-refractivity contribution in [2.24, 2.45) is 0 Å². The highest BCUT2D eigenvalue weighted by Crippen LogP contribution is 2.26. The lowest BCUT2D eigenvalue weighted by molar-refractivity contribution is 0.256. The van der Waals surface area contributed by atoms with Crippen LogP contribution in [0.2, 0.25) is 0 Å². The van der Waals surface area contributed by atoms with Crippen LogP contribution in [0.15, 0.2) is 30.5 Å². The monoisotopic (exact) mass is 287 g/mol. The van der Waals surface area contributed by atoms with Gasteiger partial charge in [-0.1, -0.05) is 25.1 Å². The van der Waals surface area contributed by atoms with E-state index >= 15 is 0 Å². The van der Waals surface area contributed by atoms with Gasteiger partial charge in [-0.15, -0.1) is 0 Å². The molecular weight excluding hydrogens is 262 g/mol. The van der Waals surface area contributed by atoms with E-state index in [0.717, 1.165) is 37.3 Å². The van der Waals surface area contributed by atoms with Gasteiger partial charge in [0.2, 0.25) is 5.88 Å². The highest BCUT2D eigenvalue weighted by Gasteiger charge is 2.08. The summed E-state index contributed by atoms with van der Waals surface area (Å²) < 4.78 is 5.84. The fraction of sp³-hybridized carbons (Fsp3) is 0.471. The number of likely N-dealkylation sites (N-methyl/N-ethyl adjacent to an activating group) is 1. The third-order valence-corrected chi connectivity index (χ3v) is 3.36. The number of hydrogen-bond acceptors (Lipinski definition) is 4. The van der Waals surface area contributed by atoms with E-state index in [1.54, 1.807) is 0 Å². The summed E-state index contributed by atoms with van der Waals surface area (Å²) >= 11 is 0. The molecule has 0 atom stereocenters. The molecule has 2 aromatic rings. The number of nitrogens with zero attached hydrogens (tertiary/aromatic N) is 2. The van der Waals surface area contributed by atoms with Gasteiger partial charge in [0, 0.05) is 24.7 Å². The molecule has 0 aliphatic rings. The van der Waals surface area contributed by atoms with Crippen LogP contribution in [0.1, 0.15) is 18.9 Å². The van der Waals surface area contributed by atoms with Crippen molar-refractivity contribution in [1.29, 1.82) is 0 Å². The van der Waals surface area contributed by atoms with Gasteiger partial charge in [-0.25, -0.2) is 4.98 Å². The normalized spacial score (nSPS) is 11.2. The molecule has 0 fully saturated rings. The molecule has 0 aliphatic heterocycles. The maximum Gasteiger partial charge on any atom is 0.221 e. The van der Waals surface area contributed by atoms with Crippen molar-refractivity contribution in [1.82, 2.24) is 15.2 Å². The number of ether oxygens (including phenoxy) is 1. The Morgan fingerprint density at radius 3 is 2.67 bits per heavy atom. The zero-order chi connectivity index (χ0) is 15.1. The van der Waals surface area contributed by atoms with E-state index in [1.807, 2.05) is 26.4 Å². The fourth-order valence-electron chi connectivity index (χ4n) is 2.21. The first-order valence-electron chi connectivity index (χ1n) is 7.57. The minimum atomic E-state index is 0.650. The van der Waals surface area contributed by atoms with Crippen LogP contribution < -0.4 is 10.1 Å². The fourth-order valence-corrected chi connectivity index (χ4v) is 2.21. The maximum absolute atomic E-state index is 5.84. The van der Waals surface area contributed by atoms with Crippen LogP contribution in [0.3, 0.4) is 0 Å². The average Bonchev–Trinajstić information content (AvgIpc) is 2.49. The Kier molecular flexibility index (Phi) is 5.96. The lowest BCUT2D eigenvalue weighted by Gasteiger charge is -2.13. The molecule has 0 spiro atoms. The number of pyridine rings is 1. The van der Waals surface area contributed by atoms with Gasteiger partial charge in [0.05, 0.1) is 0 Å². The number of hydrogen-bond donors (Lipinski definition) is 1. The van der Waals surface area contributed by atoms with Crippen molar-refractivity contribution >= 4 is 10.8 Å². The van der Waals surface area contributed by atoms with Gasteiger partial charge >= 0.3 is 0 Å². The van der Waals surface area contributed by atoms with Crippen LogP contribution in [-0.4, -0.2) is 43.7 Å². The van der Waals surface area contributed by atoms with Crippen molar-refractivity contribution in [2.75, 3.05) is 33.8 Å². The first kappa shape index (κ1) is 15.7. The quantitative estimate of drug-likeness (QED) is 0.758. The molecule has 1 heterocycles. The summed E-state index contributed by atoms with van der Waals surface area (Å²) in [5.74, 6) is 0.728. The zero-order valence-electron chi connectivity index (χ0n) is 13.2.